The Hall–Kier alpha value is -0.340. The minimum Gasteiger partial charge on any atom is -0.508 e. The van der Waals surface area contributed by atoms with E-state index in [4.69, 9.17) is 25.8 Å². The summed E-state index contributed by atoms with van der Waals surface area (Å²) in [6, 6.07) is 25.9. The van der Waals surface area contributed by atoms with Crippen LogP contribution in [0.25, 0.3) is 0 Å². The maximum atomic E-state index is 12.1. The molecule has 0 aliphatic rings. The van der Waals surface area contributed by atoms with Gasteiger partial charge in [-0.05, 0) is 87.0 Å². The number of hydrogen-bond donors (Lipinski definition) is 4. The first-order valence-electron chi connectivity index (χ1n) is 16.2. The molecule has 0 unspecified atom stereocenters. The fourth-order valence-electron chi connectivity index (χ4n) is 2.44. The molecule has 0 aromatic heterocycles. The van der Waals surface area contributed by atoms with E-state index in [9.17, 15) is 13.6 Å². The van der Waals surface area contributed by atoms with Crippen LogP contribution in [0.5, 0.6) is 11.5 Å². The number of aromatic hydroxyl groups is 2. The van der Waals surface area contributed by atoms with Crippen LogP contribution >= 0.6 is 98.4 Å². The summed E-state index contributed by atoms with van der Waals surface area (Å²) in [6.07, 6.45) is 0.445. The number of carbonyl (C=O) groups is 2. The quantitative estimate of drug-likeness (QED) is 0.0901. The van der Waals surface area contributed by atoms with Gasteiger partial charge in [0.15, 0.2) is 0 Å². The van der Waals surface area contributed by atoms with Crippen LogP contribution in [0.2, 0.25) is 0 Å². The molecule has 4 aromatic rings. The van der Waals surface area contributed by atoms with E-state index < -0.39 is 5.97 Å². The largest absolute Gasteiger partial charge is 0.508 e. The number of carbonyl (C=O) groups excluding carboxylic acids is 1. The van der Waals surface area contributed by atoms with Crippen molar-refractivity contribution in [2.45, 2.75) is 89.5 Å². The van der Waals surface area contributed by atoms with Gasteiger partial charge in [0.25, 0.3) is 5.97 Å². The number of Topliss-reactive ketones (excluding diaryl/α,β-unsaturated/α-hetero) is 1. The zero-order valence-electron chi connectivity index (χ0n) is 32.7. The Kier molecular flexibility index (Phi) is 77.6. The van der Waals surface area contributed by atoms with Crippen molar-refractivity contribution in [3.8, 4) is 11.5 Å². The Morgan fingerprint density at radius 2 is 0.830 bits per heavy atom. The van der Waals surface area contributed by atoms with Crippen LogP contribution in [0, 0.1) is 25.5 Å². The van der Waals surface area contributed by atoms with E-state index in [2.05, 4.69) is 74.5 Å². The SMILES string of the molecule is CC.CC.CC.CC.CC(=O)Cc1ccc(O)cc1.CC(=O)O.Cc1ccc(F)cc1.Cc1ccc(F)cc1.I.II.I[I-]I.Nc1ccc(O)cc1. The molecular formula is C39H60F2I6NO5-. The van der Waals surface area contributed by atoms with Crippen LogP contribution in [0.15, 0.2) is 97.1 Å². The fourth-order valence-corrected chi connectivity index (χ4v) is 2.44. The zero-order chi connectivity index (χ0) is 42.5. The zero-order valence-corrected chi connectivity index (χ0v) is 45.9. The van der Waals surface area contributed by atoms with E-state index in [0.717, 1.165) is 23.6 Å². The molecule has 6 nitrogen and oxygen atoms in total. The maximum absolute atomic E-state index is 12.1. The van der Waals surface area contributed by atoms with Gasteiger partial charge in [-0.25, -0.2) is 8.78 Å². The van der Waals surface area contributed by atoms with Gasteiger partial charge < -0.3 is 21.1 Å². The van der Waals surface area contributed by atoms with Crippen molar-refractivity contribution < 1.29 is 46.9 Å². The number of aryl methyl sites for hydroxylation is 2. The molecule has 4 rings (SSSR count). The number of aliphatic carboxylic acids is 1. The molecule has 308 valence electrons. The average Bonchev–Trinajstić information content (AvgIpc) is 3.15. The number of benzene rings is 4. The van der Waals surface area contributed by atoms with E-state index in [1.165, 1.54) is 24.3 Å². The third kappa shape index (κ3) is 66.8. The van der Waals surface area contributed by atoms with Crippen molar-refractivity contribution in [2.75, 3.05) is 5.73 Å². The molecule has 0 spiro atoms. The van der Waals surface area contributed by atoms with Crippen LogP contribution in [0.1, 0.15) is 85.9 Å². The number of nitrogen functional groups attached to an aromatic ring is 1. The first kappa shape index (κ1) is 70.5. The van der Waals surface area contributed by atoms with E-state index in [1.807, 2.05) is 69.2 Å². The number of carboxylic acid groups (broad SMARTS) is 1. The molecule has 0 saturated heterocycles. The van der Waals surface area contributed by atoms with Crippen LogP contribution in [-0.2, 0) is 16.0 Å². The Balaban J connectivity index is -0.0000000746. The van der Waals surface area contributed by atoms with Crippen molar-refractivity contribution in [3.05, 3.63) is 125 Å². The second kappa shape index (κ2) is 58.4. The molecule has 0 atom stereocenters. The number of hydrogen-bond acceptors (Lipinski definition) is 5. The first-order chi connectivity index (χ1) is 24.7. The number of ketones is 1. The van der Waals surface area contributed by atoms with Crippen molar-refractivity contribution in [3.63, 3.8) is 0 Å². The van der Waals surface area contributed by atoms with Gasteiger partial charge in [-0.15, -0.1) is 24.0 Å². The van der Waals surface area contributed by atoms with Crippen LogP contribution < -0.4 is 19.0 Å². The number of anilines is 1. The van der Waals surface area contributed by atoms with Crippen molar-refractivity contribution in [1.82, 2.24) is 0 Å². The first-order valence-corrected chi connectivity index (χ1v) is 35.0. The van der Waals surface area contributed by atoms with Crippen LogP contribution in [0.4, 0.5) is 14.5 Å². The third-order valence-electron chi connectivity index (χ3n) is 4.30. The second-order valence-corrected chi connectivity index (χ2v) is 24.5. The molecule has 4 aromatic carbocycles. The van der Waals surface area contributed by atoms with E-state index in [0.29, 0.717) is 25.4 Å². The molecule has 0 saturated carbocycles. The number of phenolic OH excluding ortho intramolecular Hbond substituents is 2. The second-order valence-electron chi connectivity index (χ2n) is 8.30. The van der Waals surface area contributed by atoms with E-state index in [-0.39, 0.29) is 52.9 Å². The summed E-state index contributed by atoms with van der Waals surface area (Å²) in [5, 5.41) is 25.0. The number of nitrogens with two attached hydrogens (primary N) is 1. The van der Waals surface area contributed by atoms with Gasteiger partial charge in [-0.1, -0.05) is 103 Å². The van der Waals surface area contributed by atoms with E-state index >= 15 is 0 Å². The molecule has 0 aliphatic heterocycles. The van der Waals surface area contributed by atoms with E-state index in [1.54, 1.807) is 79.7 Å². The number of carboxylic acids is 1. The summed E-state index contributed by atoms with van der Waals surface area (Å²) in [4.78, 5) is 19.6. The van der Waals surface area contributed by atoms with Gasteiger partial charge in [0.1, 0.15) is 28.9 Å². The maximum Gasteiger partial charge on any atom is 0.115 e. The Labute approximate surface area is 389 Å². The summed E-state index contributed by atoms with van der Waals surface area (Å²) in [5.74, 6) is -0.557. The average molecular weight is 1420 g/mol. The number of rotatable bonds is 2. The number of phenols is 2. The molecule has 14 heteroatoms. The fraction of sp³-hybridized carbons (Fsp3) is 0.333. The van der Waals surface area contributed by atoms with Crippen LogP contribution in [-0.4, -0.2) is 27.1 Å². The Bertz CT molecular complexity index is 1100. The summed E-state index contributed by atoms with van der Waals surface area (Å²) >= 11 is 9.54. The van der Waals surface area contributed by atoms with Gasteiger partial charge in [-0.3, -0.25) is 9.59 Å². The molecule has 5 N–H and O–H groups in total. The minimum atomic E-state index is -0.833. The van der Waals surface area contributed by atoms with Gasteiger partial charge >= 0.3 is 50.5 Å². The molecule has 0 heterocycles. The van der Waals surface area contributed by atoms with Crippen molar-refractivity contribution >= 4 is 116 Å². The third-order valence-corrected chi connectivity index (χ3v) is 4.30. The Morgan fingerprint density at radius 1 is 0.604 bits per heavy atom. The topological polar surface area (TPSA) is 121 Å². The molecule has 0 amide bonds. The Morgan fingerprint density at radius 3 is 1.02 bits per heavy atom. The molecule has 0 fully saturated rings. The standard InChI is InChI=1S/C9H10O2.2C7H7F.C6H7NO.C2H4O2.4C2H6.I3.I2.HI/c1-7(10)6-8-2-4-9(11)5-3-8;2*1-6-2-4-7(8)5-3-6;7-5-1-3-6(8)4-2-5;1-2(3)4;4*1-2;1-3-2;1-2;/h2-5,11H,6H2,1H3;2*2-5H,1H3;1-4,8H,7H2;1H3,(H,3,4);4*1-2H3;;;1H/q;;;;;;;;;-1;;. The van der Waals surface area contributed by atoms with Gasteiger partial charge in [0, 0.05) is 56.3 Å². The molecule has 0 radical (unpaired) electrons. The van der Waals surface area contributed by atoms with Gasteiger partial charge in [-0.2, -0.15) is 0 Å². The summed E-state index contributed by atoms with van der Waals surface area (Å²) in [6.45, 7) is 22.5. The molecule has 0 aliphatic carbocycles. The van der Waals surface area contributed by atoms with Crippen molar-refractivity contribution in [2.24, 2.45) is 0 Å². The normalized spacial score (nSPS) is 7.58. The summed E-state index contributed by atoms with van der Waals surface area (Å²) < 4.78 is 24.2. The van der Waals surface area contributed by atoms with Gasteiger partial charge in [0.2, 0.25) is 0 Å². The monoisotopic (exact) mass is 1420 g/mol. The summed E-state index contributed by atoms with van der Waals surface area (Å²) in [7, 11) is 0. The predicted octanol–water partition coefficient (Wildman–Crippen LogP) is 12.1. The summed E-state index contributed by atoms with van der Waals surface area (Å²) in [5.41, 5.74) is 9.10. The predicted molar refractivity (Wildman–Crippen MR) is 267 cm³/mol. The molecular weight excluding hydrogens is 1360 g/mol. The molecule has 53 heavy (non-hydrogen) atoms. The van der Waals surface area contributed by atoms with Crippen LogP contribution in [0.3, 0.4) is 0 Å². The minimum absolute atomic E-state index is 0. The van der Waals surface area contributed by atoms with Gasteiger partial charge in [0.05, 0.1) is 0 Å². The number of halogens is 8. The van der Waals surface area contributed by atoms with Crippen molar-refractivity contribution in [1.29, 1.82) is 0 Å². The smallest absolute Gasteiger partial charge is 0.115 e. The molecule has 0 bridgehead atoms.